The third-order valence-electron chi connectivity index (χ3n) is 2.32. The molecule has 0 saturated carbocycles. The summed E-state index contributed by atoms with van der Waals surface area (Å²) in [7, 11) is 0. The highest BCUT2D eigenvalue weighted by molar-refractivity contribution is 7.71. The first kappa shape index (κ1) is 12.4. The zero-order valence-electron chi connectivity index (χ0n) is 8.94. The number of hydrogen-bond acceptors (Lipinski definition) is 5. The van der Waals surface area contributed by atoms with Crippen molar-refractivity contribution in [3.8, 4) is 5.69 Å². The number of aliphatic hydroxyl groups excluding tert-OH is 1. The first-order chi connectivity index (χ1) is 8.49. The number of H-pyrrole nitrogens is 1. The minimum Gasteiger partial charge on any atom is -0.478 e. The number of nitrogens with one attached hydrogen (secondary N) is 1. The molecule has 1 aromatic carbocycles. The summed E-state index contributed by atoms with van der Waals surface area (Å²) in [6, 6.07) is 3.96. The molecule has 94 valence electrons. The Hall–Kier alpha value is -2.03. The summed E-state index contributed by atoms with van der Waals surface area (Å²) in [6.45, 7) is 0. The van der Waals surface area contributed by atoms with Crippen molar-refractivity contribution >= 4 is 18.2 Å². The molecule has 0 amide bonds. The summed E-state index contributed by atoms with van der Waals surface area (Å²) < 4.78 is 1.70. The van der Waals surface area contributed by atoms with Crippen LogP contribution in [0.4, 0.5) is 0 Å². The maximum Gasteiger partial charge on any atom is 0.335 e. The van der Waals surface area contributed by atoms with E-state index in [1.54, 1.807) is 0 Å². The van der Waals surface area contributed by atoms with Gasteiger partial charge < -0.3 is 15.3 Å². The van der Waals surface area contributed by atoms with E-state index in [1.165, 1.54) is 29.1 Å². The van der Waals surface area contributed by atoms with E-state index in [0.717, 1.165) is 0 Å². The Morgan fingerprint density at radius 2 is 2.11 bits per heavy atom. The summed E-state index contributed by atoms with van der Waals surface area (Å²) in [5, 5.41) is 33.4. The Bertz CT molecular complexity index is 647. The fourth-order valence-electron chi connectivity index (χ4n) is 1.48. The molecule has 1 aromatic heterocycles. The van der Waals surface area contributed by atoms with Gasteiger partial charge in [-0.3, -0.25) is 9.67 Å². The van der Waals surface area contributed by atoms with Crippen LogP contribution in [0.15, 0.2) is 24.5 Å². The lowest BCUT2D eigenvalue weighted by Crippen LogP contribution is -2.04. The third kappa shape index (κ3) is 2.30. The molecule has 0 fully saturated rings. The standard InChI is InChI=1S/C10H9N3O4S/c14-8(15)5-1-6(9(16)17)3-7(2-5)13-4-11-12-10(13)18/h1-4,8,14-15H,(H,12,18)(H,16,17). The van der Waals surface area contributed by atoms with E-state index in [1.807, 2.05) is 0 Å². The average molecular weight is 267 g/mol. The van der Waals surface area contributed by atoms with Gasteiger partial charge in [-0.25, -0.2) is 4.79 Å². The first-order valence-corrected chi connectivity index (χ1v) is 5.26. The molecule has 0 radical (unpaired) electrons. The lowest BCUT2D eigenvalue weighted by Gasteiger charge is -2.09. The third-order valence-corrected chi connectivity index (χ3v) is 2.60. The van der Waals surface area contributed by atoms with Crippen LogP contribution in [0, 0.1) is 4.77 Å². The van der Waals surface area contributed by atoms with Gasteiger partial charge in [-0.1, -0.05) is 0 Å². The second-order valence-corrected chi connectivity index (χ2v) is 3.91. The quantitative estimate of drug-likeness (QED) is 0.479. The zero-order valence-corrected chi connectivity index (χ0v) is 9.76. The molecule has 8 heteroatoms. The molecule has 4 N–H and O–H groups in total. The number of aromatic carboxylic acids is 1. The van der Waals surface area contributed by atoms with Gasteiger partial charge in [0, 0.05) is 5.56 Å². The van der Waals surface area contributed by atoms with Crippen molar-refractivity contribution in [2.75, 3.05) is 0 Å². The van der Waals surface area contributed by atoms with Crippen LogP contribution in [0.1, 0.15) is 22.2 Å². The van der Waals surface area contributed by atoms with Crippen molar-refractivity contribution in [1.29, 1.82) is 0 Å². The molecule has 0 aliphatic heterocycles. The highest BCUT2D eigenvalue weighted by Gasteiger charge is 2.12. The van der Waals surface area contributed by atoms with Gasteiger partial charge in [-0.2, -0.15) is 5.10 Å². The van der Waals surface area contributed by atoms with Gasteiger partial charge in [-0.15, -0.1) is 0 Å². The number of aliphatic hydroxyl groups is 2. The summed E-state index contributed by atoms with van der Waals surface area (Å²) in [4.78, 5) is 11.0. The van der Waals surface area contributed by atoms with Crippen LogP contribution in [-0.2, 0) is 0 Å². The number of carboxylic acid groups (broad SMARTS) is 1. The van der Waals surface area contributed by atoms with Crippen molar-refractivity contribution in [2.45, 2.75) is 6.29 Å². The number of hydrogen-bond donors (Lipinski definition) is 4. The van der Waals surface area contributed by atoms with Crippen LogP contribution in [0.5, 0.6) is 0 Å². The average Bonchev–Trinajstić information content (AvgIpc) is 2.74. The van der Waals surface area contributed by atoms with E-state index in [0.29, 0.717) is 5.69 Å². The fourth-order valence-corrected chi connectivity index (χ4v) is 1.68. The topological polar surface area (TPSA) is 111 Å². The molecular weight excluding hydrogens is 258 g/mol. The van der Waals surface area contributed by atoms with Gasteiger partial charge in [0.25, 0.3) is 0 Å². The van der Waals surface area contributed by atoms with E-state index >= 15 is 0 Å². The highest BCUT2D eigenvalue weighted by atomic mass is 32.1. The molecule has 0 bridgehead atoms. The van der Waals surface area contributed by atoms with E-state index in [2.05, 4.69) is 10.2 Å². The predicted molar refractivity (Wildman–Crippen MR) is 62.9 cm³/mol. The van der Waals surface area contributed by atoms with Crippen LogP contribution < -0.4 is 0 Å². The van der Waals surface area contributed by atoms with Gasteiger partial charge in [0.2, 0.25) is 0 Å². The number of rotatable bonds is 3. The summed E-state index contributed by atoms with van der Waals surface area (Å²) in [6.07, 6.45) is -0.388. The number of aromatic amines is 1. The maximum absolute atomic E-state index is 11.0. The molecule has 0 aliphatic rings. The molecule has 0 aliphatic carbocycles. The molecule has 0 unspecified atom stereocenters. The number of carbonyl (C=O) groups is 1. The molecule has 1 heterocycles. The summed E-state index contributed by atoms with van der Waals surface area (Å²) in [5.74, 6) is -1.17. The van der Waals surface area contributed by atoms with Crippen molar-refractivity contribution in [1.82, 2.24) is 14.8 Å². The SMILES string of the molecule is O=C(O)c1cc(C(O)O)cc(-n2cn[nH]c2=S)c1. The van der Waals surface area contributed by atoms with Crippen molar-refractivity contribution in [2.24, 2.45) is 0 Å². The van der Waals surface area contributed by atoms with Gasteiger partial charge >= 0.3 is 5.97 Å². The Labute approximate surface area is 106 Å². The minimum absolute atomic E-state index is 0.0630. The molecule has 7 nitrogen and oxygen atoms in total. The largest absolute Gasteiger partial charge is 0.478 e. The maximum atomic E-state index is 11.0. The molecule has 18 heavy (non-hydrogen) atoms. The monoisotopic (exact) mass is 267 g/mol. The van der Waals surface area contributed by atoms with E-state index in [4.69, 9.17) is 27.5 Å². The van der Waals surface area contributed by atoms with Crippen LogP contribution in [0.2, 0.25) is 0 Å². The van der Waals surface area contributed by atoms with Crippen molar-refractivity contribution < 1.29 is 20.1 Å². The number of carboxylic acids is 1. The fraction of sp³-hybridized carbons (Fsp3) is 0.100. The predicted octanol–water partition coefficient (Wildman–Crippen LogP) is 0.611. The summed E-state index contributed by atoms with van der Waals surface area (Å²) in [5.41, 5.74) is 0.378. The lowest BCUT2D eigenvalue weighted by atomic mass is 10.1. The van der Waals surface area contributed by atoms with Gasteiger partial charge in [0.1, 0.15) is 6.33 Å². The Morgan fingerprint density at radius 3 is 2.61 bits per heavy atom. The minimum atomic E-state index is -1.76. The smallest absolute Gasteiger partial charge is 0.335 e. The van der Waals surface area contributed by atoms with Crippen LogP contribution in [-0.4, -0.2) is 36.1 Å². The molecule has 2 rings (SSSR count). The molecule has 0 spiro atoms. The van der Waals surface area contributed by atoms with Crippen LogP contribution >= 0.6 is 12.2 Å². The van der Waals surface area contributed by atoms with Gasteiger partial charge in [-0.05, 0) is 30.4 Å². The first-order valence-electron chi connectivity index (χ1n) is 4.86. The van der Waals surface area contributed by atoms with E-state index < -0.39 is 12.3 Å². The van der Waals surface area contributed by atoms with E-state index in [9.17, 15) is 4.79 Å². The van der Waals surface area contributed by atoms with Gasteiger partial charge in [0.05, 0.1) is 11.3 Å². The molecule has 2 aromatic rings. The zero-order chi connectivity index (χ0) is 13.3. The second kappa shape index (κ2) is 4.69. The Balaban J connectivity index is 2.64. The molecule has 0 saturated heterocycles. The highest BCUT2D eigenvalue weighted by Crippen LogP contribution is 2.19. The Kier molecular flexibility index (Phi) is 3.24. The van der Waals surface area contributed by atoms with Gasteiger partial charge in [0.15, 0.2) is 11.1 Å². The van der Waals surface area contributed by atoms with E-state index in [-0.39, 0.29) is 15.9 Å². The normalized spacial score (nSPS) is 10.8. The number of nitrogens with zero attached hydrogens (tertiary/aromatic N) is 2. The van der Waals surface area contributed by atoms with Crippen LogP contribution in [0.25, 0.3) is 5.69 Å². The Morgan fingerprint density at radius 1 is 1.39 bits per heavy atom. The second-order valence-electron chi connectivity index (χ2n) is 3.52. The summed E-state index contributed by atoms with van der Waals surface area (Å²) >= 11 is 4.96. The number of benzene rings is 1. The number of aromatic nitrogens is 3. The van der Waals surface area contributed by atoms with Crippen molar-refractivity contribution in [3.05, 3.63) is 40.4 Å². The van der Waals surface area contributed by atoms with Crippen LogP contribution in [0.3, 0.4) is 0 Å². The molecule has 0 atom stereocenters. The molecular formula is C10H9N3O4S. The lowest BCUT2D eigenvalue weighted by molar-refractivity contribution is -0.0425. The van der Waals surface area contributed by atoms with Crippen molar-refractivity contribution in [3.63, 3.8) is 0 Å².